The van der Waals surface area contributed by atoms with E-state index in [-0.39, 0.29) is 6.10 Å². The Balaban J connectivity index is 2.48. The Bertz CT molecular complexity index is 509. The van der Waals surface area contributed by atoms with E-state index in [1.165, 1.54) is 0 Å². The molecule has 0 unspecified atom stereocenters. The molecule has 1 aromatic heterocycles. The van der Waals surface area contributed by atoms with Gasteiger partial charge < -0.3 is 10.5 Å². The highest BCUT2D eigenvalue weighted by Gasteiger charge is 2.09. The molecular weight excluding hydrogens is 212 g/mol. The summed E-state index contributed by atoms with van der Waals surface area (Å²) in [6.45, 7) is 4.01. The number of rotatable bonds is 3. The number of nitrogens with zero attached hydrogens (tertiary/aromatic N) is 1. The highest BCUT2D eigenvalue weighted by atomic mass is 16.5. The second-order valence-corrected chi connectivity index (χ2v) is 4.13. The molecule has 88 valence electrons. The van der Waals surface area contributed by atoms with Gasteiger partial charge in [-0.25, -0.2) is 0 Å². The summed E-state index contributed by atoms with van der Waals surface area (Å²) in [6.07, 6.45) is 3.53. The first-order valence-electron chi connectivity index (χ1n) is 5.64. The third kappa shape index (κ3) is 2.56. The Morgan fingerprint density at radius 2 is 1.88 bits per heavy atom. The van der Waals surface area contributed by atoms with Crippen molar-refractivity contribution in [2.45, 2.75) is 20.0 Å². The minimum Gasteiger partial charge on any atom is -0.490 e. The van der Waals surface area contributed by atoms with Crippen molar-refractivity contribution in [2.24, 2.45) is 0 Å². The van der Waals surface area contributed by atoms with Crippen LogP contribution in [-0.2, 0) is 0 Å². The lowest BCUT2D eigenvalue weighted by Crippen LogP contribution is -2.06. The normalized spacial score (nSPS) is 10.5. The van der Waals surface area contributed by atoms with Crippen LogP contribution in [0.4, 0.5) is 5.69 Å². The van der Waals surface area contributed by atoms with Crippen molar-refractivity contribution >= 4 is 5.69 Å². The molecule has 0 aliphatic rings. The smallest absolute Gasteiger partial charge is 0.127 e. The fourth-order valence-electron chi connectivity index (χ4n) is 1.70. The highest BCUT2D eigenvalue weighted by molar-refractivity contribution is 5.79. The van der Waals surface area contributed by atoms with Gasteiger partial charge in [-0.3, -0.25) is 4.98 Å². The van der Waals surface area contributed by atoms with Gasteiger partial charge in [-0.15, -0.1) is 0 Å². The van der Waals surface area contributed by atoms with Gasteiger partial charge in [0.2, 0.25) is 0 Å². The van der Waals surface area contributed by atoms with Crippen LogP contribution in [0.2, 0.25) is 0 Å². The molecule has 0 radical (unpaired) electrons. The van der Waals surface area contributed by atoms with Crippen LogP contribution in [0.25, 0.3) is 11.1 Å². The predicted molar refractivity (Wildman–Crippen MR) is 69.8 cm³/mol. The van der Waals surface area contributed by atoms with Crippen LogP contribution in [-0.4, -0.2) is 11.1 Å². The van der Waals surface area contributed by atoms with E-state index < -0.39 is 0 Å². The van der Waals surface area contributed by atoms with Crippen molar-refractivity contribution in [3.8, 4) is 16.9 Å². The molecule has 0 fully saturated rings. The summed E-state index contributed by atoms with van der Waals surface area (Å²) in [7, 11) is 0. The first kappa shape index (κ1) is 11.5. The van der Waals surface area contributed by atoms with Gasteiger partial charge in [-0.1, -0.05) is 18.2 Å². The van der Waals surface area contributed by atoms with Crippen molar-refractivity contribution in [1.29, 1.82) is 0 Å². The number of para-hydroxylation sites is 1. The van der Waals surface area contributed by atoms with Crippen molar-refractivity contribution < 1.29 is 4.74 Å². The van der Waals surface area contributed by atoms with E-state index in [1.807, 2.05) is 44.2 Å². The number of ether oxygens (including phenoxy) is 1. The van der Waals surface area contributed by atoms with Gasteiger partial charge in [0.25, 0.3) is 0 Å². The highest BCUT2D eigenvalue weighted by Crippen LogP contribution is 2.33. The molecule has 2 rings (SSSR count). The molecule has 2 aromatic rings. The van der Waals surface area contributed by atoms with Gasteiger partial charge in [-0.05, 0) is 26.0 Å². The maximum Gasteiger partial charge on any atom is 0.127 e. The zero-order valence-corrected chi connectivity index (χ0v) is 10.1. The Hall–Kier alpha value is -2.03. The zero-order valence-electron chi connectivity index (χ0n) is 10.1. The molecule has 0 spiro atoms. The van der Waals surface area contributed by atoms with Crippen LogP contribution in [0.15, 0.2) is 42.7 Å². The standard InChI is InChI=1S/C14H16N2O/c1-10(2)17-14-6-4-3-5-12(14)11-7-8-16-9-13(11)15/h3-10H,15H2,1-2H3. The number of nitrogens with two attached hydrogens (primary N) is 1. The molecule has 0 saturated carbocycles. The lowest BCUT2D eigenvalue weighted by Gasteiger charge is -2.15. The molecule has 0 bridgehead atoms. The molecule has 0 aliphatic heterocycles. The molecule has 0 atom stereocenters. The number of hydrogen-bond donors (Lipinski definition) is 1. The number of aromatic nitrogens is 1. The first-order chi connectivity index (χ1) is 8.18. The Morgan fingerprint density at radius 3 is 2.59 bits per heavy atom. The van der Waals surface area contributed by atoms with Crippen molar-refractivity contribution in [3.63, 3.8) is 0 Å². The van der Waals surface area contributed by atoms with Crippen LogP contribution < -0.4 is 10.5 Å². The topological polar surface area (TPSA) is 48.1 Å². The number of hydrogen-bond acceptors (Lipinski definition) is 3. The summed E-state index contributed by atoms with van der Waals surface area (Å²) < 4.78 is 5.78. The molecule has 3 nitrogen and oxygen atoms in total. The van der Waals surface area contributed by atoms with Gasteiger partial charge in [0, 0.05) is 17.3 Å². The van der Waals surface area contributed by atoms with Gasteiger partial charge in [0.1, 0.15) is 5.75 Å². The monoisotopic (exact) mass is 228 g/mol. The van der Waals surface area contributed by atoms with E-state index >= 15 is 0 Å². The minimum absolute atomic E-state index is 0.138. The summed E-state index contributed by atoms with van der Waals surface area (Å²) in [5.74, 6) is 0.848. The Morgan fingerprint density at radius 1 is 1.12 bits per heavy atom. The summed E-state index contributed by atoms with van der Waals surface area (Å²) in [6, 6.07) is 9.79. The van der Waals surface area contributed by atoms with E-state index in [2.05, 4.69) is 4.98 Å². The molecule has 0 amide bonds. The number of nitrogen functional groups attached to an aromatic ring is 1. The number of pyridine rings is 1. The van der Waals surface area contributed by atoms with Gasteiger partial charge in [0.05, 0.1) is 18.0 Å². The zero-order chi connectivity index (χ0) is 12.3. The maximum atomic E-state index is 5.93. The van der Waals surface area contributed by atoms with Crippen LogP contribution in [0.5, 0.6) is 5.75 Å². The number of benzene rings is 1. The van der Waals surface area contributed by atoms with Crippen LogP contribution >= 0.6 is 0 Å². The van der Waals surface area contributed by atoms with Crippen molar-refractivity contribution in [2.75, 3.05) is 5.73 Å². The Labute approximate surface area is 101 Å². The molecule has 3 heteroatoms. The van der Waals surface area contributed by atoms with Crippen LogP contribution in [0.1, 0.15) is 13.8 Å². The predicted octanol–water partition coefficient (Wildman–Crippen LogP) is 3.12. The Kier molecular flexibility index (Phi) is 3.28. The number of anilines is 1. The maximum absolute atomic E-state index is 5.93. The lowest BCUT2D eigenvalue weighted by molar-refractivity contribution is 0.243. The average molecular weight is 228 g/mol. The van der Waals surface area contributed by atoms with E-state index in [0.717, 1.165) is 16.9 Å². The van der Waals surface area contributed by atoms with Crippen LogP contribution in [0, 0.1) is 0 Å². The molecular formula is C14H16N2O. The minimum atomic E-state index is 0.138. The van der Waals surface area contributed by atoms with Gasteiger partial charge in [-0.2, -0.15) is 0 Å². The second kappa shape index (κ2) is 4.87. The third-order valence-corrected chi connectivity index (χ3v) is 2.39. The van der Waals surface area contributed by atoms with E-state index in [4.69, 9.17) is 10.5 Å². The molecule has 2 N–H and O–H groups in total. The van der Waals surface area contributed by atoms with E-state index in [9.17, 15) is 0 Å². The molecule has 0 saturated heterocycles. The molecule has 1 aromatic carbocycles. The summed E-state index contributed by atoms with van der Waals surface area (Å²) in [5, 5.41) is 0. The fourth-order valence-corrected chi connectivity index (χ4v) is 1.70. The van der Waals surface area contributed by atoms with Gasteiger partial charge >= 0.3 is 0 Å². The third-order valence-electron chi connectivity index (χ3n) is 2.39. The summed E-state index contributed by atoms with van der Waals surface area (Å²) in [4.78, 5) is 4.00. The largest absolute Gasteiger partial charge is 0.490 e. The first-order valence-corrected chi connectivity index (χ1v) is 5.64. The summed E-state index contributed by atoms with van der Waals surface area (Å²) >= 11 is 0. The lowest BCUT2D eigenvalue weighted by atomic mass is 10.0. The fraction of sp³-hybridized carbons (Fsp3) is 0.214. The van der Waals surface area contributed by atoms with Crippen LogP contribution in [0.3, 0.4) is 0 Å². The van der Waals surface area contributed by atoms with Crippen molar-refractivity contribution in [3.05, 3.63) is 42.7 Å². The SMILES string of the molecule is CC(C)Oc1ccccc1-c1ccncc1N. The second-order valence-electron chi connectivity index (χ2n) is 4.13. The van der Waals surface area contributed by atoms with E-state index in [0.29, 0.717) is 5.69 Å². The van der Waals surface area contributed by atoms with Gasteiger partial charge in [0.15, 0.2) is 0 Å². The molecule has 17 heavy (non-hydrogen) atoms. The van der Waals surface area contributed by atoms with E-state index in [1.54, 1.807) is 12.4 Å². The molecule has 0 aliphatic carbocycles. The van der Waals surface area contributed by atoms with Crippen molar-refractivity contribution in [1.82, 2.24) is 4.98 Å². The quantitative estimate of drug-likeness (QED) is 0.878. The molecule has 1 heterocycles. The average Bonchev–Trinajstić information content (AvgIpc) is 2.30. The summed E-state index contributed by atoms with van der Waals surface area (Å²) in [5.41, 5.74) is 8.55.